The van der Waals surface area contributed by atoms with Crippen molar-refractivity contribution in [3.63, 3.8) is 0 Å². The molecule has 10 heteroatoms. The monoisotopic (exact) mass is 391 g/mol. The van der Waals surface area contributed by atoms with Gasteiger partial charge in [-0.1, -0.05) is 11.3 Å². The minimum atomic E-state index is -0.672. The molecule has 7 nitrogen and oxygen atoms in total. The van der Waals surface area contributed by atoms with E-state index in [4.69, 9.17) is 0 Å². The average molecular weight is 391 g/mol. The number of nitrogens with one attached hydrogen (secondary N) is 2. The van der Waals surface area contributed by atoms with Crippen molar-refractivity contribution in [1.29, 1.82) is 0 Å². The third kappa shape index (κ3) is 3.52. The largest absolute Gasteiger partial charge is 0.348 e. The Labute approximate surface area is 156 Å². The Kier molecular flexibility index (Phi) is 4.56. The SMILES string of the molecule is O=C(Nc1cc(F)ccc1F)C1CCN(c2nc3nc[nH]c(=O)c3s2)CC1. The summed E-state index contributed by atoms with van der Waals surface area (Å²) in [4.78, 5) is 37.1. The van der Waals surface area contributed by atoms with Crippen molar-refractivity contribution >= 4 is 38.4 Å². The zero-order valence-electron chi connectivity index (χ0n) is 14.0. The van der Waals surface area contributed by atoms with Gasteiger partial charge in [0.15, 0.2) is 10.8 Å². The first-order valence-corrected chi connectivity index (χ1v) is 9.18. The summed E-state index contributed by atoms with van der Waals surface area (Å²) in [7, 11) is 0. The van der Waals surface area contributed by atoms with Gasteiger partial charge < -0.3 is 15.2 Å². The molecule has 2 N–H and O–H groups in total. The number of hydrogen-bond donors (Lipinski definition) is 2. The second-order valence-corrected chi connectivity index (χ2v) is 7.23. The molecule has 27 heavy (non-hydrogen) atoms. The quantitative estimate of drug-likeness (QED) is 0.716. The fourth-order valence-electron chi connectivity index (χ4n) is 3.05. The fraction of sp³-hybridized carbons (Fsp3) is 0.294. The maximum Gasteiger partial charge on any atom is 0.270 e. The molecule has 0 spiro atoms. The van der Waals surface area contributed by atoms with E-state index in [1.807, 2.05) is 4.90 Å². The van der Waals surface area contributed by atoms with Gasteiger partial charge in [-0.3, -0.25) is 9.59 Å². The second kappa shape index (κ2) is 7.03. The van der Waals surface area contributed by atoms with Gasteiger partial charge in [0, 0.05) is 25.1 Å². The molecule has 0 unspecified atom stereocenters. The molecular formula is C17H15F2N5O2S. The first-order valence-electron chi connectivity index (χ1n) is 8.36. The van der Waals surface area contributed by atoms with Gasteiger partial charge in [-0.05, 0) is 25.0 Å². The van der Waals surface area contributed by atoms with Crippen LogP contribution in [0.25, 0.3) is 10.3 Å². The van der Waals surface area contributed by atoms with Gasteiger partial charge >= 0.3 is 0 Å². The lowest BCUT2D eigenvalue weighted by molar-refractivity contribution is -0.120. The highest BCUT2D eigenvalue weighted by Crippen LogP contribution is 2.29. The number of nitrogens with zero attached hydrogens (tertiary/aromatic N) is 3. The van der Waals surface area contributed by atoms with Crippen molar-refractivity contribution in [1.82, 2.24) is 15.0 Å². The highest BCUT2D eigenvalue weighted by Gasteiger charge is 2.27. The van der Waals surface area contributed by atoms with Crippen molar-refractivity contribution in [3.8, 4) is 0 Å². The summed E-state index contributed by atoms with van der Waals surface area (Å²) in [6.45, 7) is 1.14. The highest BCUT2D eigenvalue weighted by atomic mass is 32.1. The van der Waals surface area contributed by atoms with Crippen LogP contribution < -0.4 is 15.8 Å². The maximum absolute atomic E-state index is 13.7. The zero-order valence-corrected chi connectivity index (χ0v) is 14.9. The third-order valence-corrected chi connectivity index (χ3v) is 5.61. The number of carbonyl (C=O) groups excluding carboxylic acids is 1. The number of piperidine rings is 1. The highest BCUT2D eigenvalue weighted by molar-refractivity contribution is 7.22. The van der Waals surface area contributed by atoms with E-state index in [9.17, 15) is 18.4 Å². The van der Waals surface area contributed by atoms with E-state index in [1.54, 1.807) is 0 Å². The fourth-order valence-corrected chi connectivity index (χ4v) is 4.02. The van der Waals surface area contributed by atoms with Crippen molar-refractivity contribution in [2.75, 3.05) is 23.3 Å². The normalized spacial score (nSPS) is 15.3. The van der Waals surface area contributed by atoms with Gasteiger partial charge in [-0.2, -0.15) is 4.98 Å². The topological polar surface area (TPSA) is 91.0 Å². The summed E-state index contributed by atoms with van der Waals surface area (Å²) < 4.78 is 27.4. The molecule has 0 radical (unpaired) electrons. The van der Waals surface area contributed by atoms with Crippen molar-refractivity contribution in [2.45, 2.75) is 12.8 Å². The summed E-state index contributed by atoms with van der Waals surface area (Å²) in [5.41, 5.74) is 0.0224. The predicted octanol–water partition coefficient (Wildman–Crippen LogP) is 2.51. The number of fused-ring (bicyclic) bond motifs is 1. The lowest BCUT2D eigenvalue weighted by atomic mass is 9.96. The number of rotatable bonds is 3. The second-order valence-electron chi connectivity index (χ2n) is 6.26. The van der Waals surface area contributed by atoms with Gasteiger partial charge in [-0.15, -0.1) is 0 Å². The van der Waals surface area contributed by atoms with Crippen LogP contribution in [-0.2, 0) is 4.79 Å². The van der Waals surface area contributed by atoms with E-state index in [-0.39, 0.29) is 23.1 Å². The van der Waals surface area contributed by atoms with Gasteiger partial charge in [0.25, 0.3) is 5.56 Å². The van der Waals surface area contributed by atoms with Crippen LogP contribution in [0.5, 0.6) is 0 Å². The van der Waals surface area contributed by atoms with E-state index < -0.39 is 11.6 Å². The number of aromatic nitrogens is 3. The van der Waals surface area contributed by atoms with Crippen molar-refractivity contribution < 1.29 is 13.6 Å². The summed E-state index contributed by atoms with van der Waals surface area (Å²) >= 11 is 1.26. The number of carbonyl (C=O) groups is 1. The molecule has 1 aliphatic heterocycles. The predicted molar refractivity (Wildman–Crippen MR) is 98.0 cm³/mol. The number of H-pyrrole nitrogens is 1. The third-order valence-electron chi connectivity index (χ3n) is 4.51. The smallest absolute Gasteiger partial charge is 0.270 e. The van der Waals surface area contributed by atoms with Gasteiger partial charge in [0.05, 0.1) is 12.0 Å². The molecule has 1 fully saturated rings. The van der Waals surface area contributed by atoms with Gasteiger partial charge in [0.1, 0.15) is 16.3 Å². The van der Waals surface area contributed by atoms with E-state index in [0.717, 1.165) is 18.2 Å². The van der Waals surface area contributed by atoms with E-state index in [0.29, 0.717) is 41.4 Å². The Balaban J connectivity index is 1.42. The molecule has 3 aromatic rings. The van der Waals surface area contributed by atoms with Crippen molar-refractivity contribution in [2.24, 2.45) is 5.92 Å². The number of thiazole rings is 1. The molecule has 0 bridgehead atoms. The number of hydrogen-bond acceptors (Lipinski definition) is 6. The van der Waals surface area contributed by atoms with Crippen molar-refractivity contribution in [3.05, 3.63) is 46.5 Å². The van der Waals surface area contributed by atoms with Gasteiger partial charge in [-0.25, -0.2) is 13.8 Å². The number of halogens is 2. The van der Waals surface area contributed by atoms with E-state index in [2.05, 4.69) is 20.3 Å². The first-order chi connectivity index (χ1) is 13.0. The first kappa shape index (κ1) is 17.5. The standard InChI is InChI=1S/C17H15F2N5O2S/c18-10-1-2-11(19)12(7-10)22-15(25)9-3-5-24(6-4-9)17-23-14-13(27-17)16(26)21-8-20-14/h1-2,7-9H,3-6H2,(H,22,25)(H,20,21,26). The van der Waals surface area contributed by atoms with Gasteiger partial charge in [0.2, 0.25) is 5.91 Å². The van der Waals surface area contributed by atoms with Crippen LogP contribution >= 0.6 is 11.3 Å². The molecular weight excluding hydrogens is 376 g/mol. The zero-order chi connectivity index (χ0) is 19.0. The Hall–Kier alpha value is -2.88. The van der Waals surface area contributed by atoms with Crippen LogP contribution in [0.1, 0.15) is 12.8 Å². The Morgan fingerprint density at radius 1 is 1.30 bits per heavy atom. The maximum atomic E-state index is 13.7. The van der Waals surface area contributed by atoms with E-state index in [1.165, 1.54) is 17.7 Å². The molecule has 0 saturated carbocycles. The number of benzene rings is 1. The molecule has 1 amide bonds. The molecule has 3 heterocycles. The Morgan fingerprint density at radius 2 is 2.07 bits per heavy atom. The van der Waals surface area contributed by atoms with Crippen LogP contribution in [0.15, 0.2) is 29.3 Å². The molecule has 140 valence electrons. The summed E-state index contributed by atoms with van der Waals surface area (Å²) in [5, 5.41) is 3.15. The summed E-state index contributed by atoms with van der Waals surface area (Å²) in [5.74, 6) is -1.92. The molecule has 0 aliphatic carbocycles. The summed E-state index contributed by atoms with van der Waals surface area (Å²) in [6.07, 6.45) is 2.40. The molecule has 4 rings (SSSR count). The minimum Gasteiger partial charge on any atom is -0.348 e. The molecule has 2 aromatic heterocycles. The van der Waals surface area contributed by atoms with Crippen LogP contribution in [0.3, 0.4) is 0 Å². The number of amides is 1. The lowest BCUT2D eigenvalue weighted by Gasteiger charge is -2.30. The molecule has 1 saturated heterocycles. The Morgan fingerprint density at radius 3 is 2.81 bits per heavy atom. The lowest BCUT2D eigenvalue weighted by Crippen LogP contribution is -2.38. The van der Waals surface area contributed by atoms with Crippen LogP contribution in [0, 0.1) is 17.6 Å². The van der Waals surface area contributed by atoms with Crippen LogP contribution in [0.4, 0.5) is 19.6 Å². The number of aromatic amines is 1. The Bertz CT molecular complexity index is 1060. The minimum absolute atomic E-state index is 0.154. The molecule has 0 atom stereocenters. The molecule has 1 aliphatic rings. The van der Waals surface area contributed by atoms with Crippen LogP contribution in [0.2, 0.25) is 0 Å². The number of anilines is 2. The molecule has 1 aromatic carbocycles. The average Bonchev–Trinajstić information content (AvgIpc) is 3.10. The van der Waals surface area contributed by atoms with E-state index >= 15 is 0 Å². The summed E-state index contributed by atoms with van der Waals surface area (Å²) in [6, 6.07) is 2.95. The van der Waals surface area contributed by atoms with Crippen LogP contribution in [-0.4, -0.2) is 33.9 Å².